The molecule has 0 spiro atoms. The van der Waals surface area contributed by atoms with Crippen molar-refractivity contribution >= 4 is 0 Å². The van der Waals surface area contributed by atoms with Crippen molar-refractivity contribution in [2.45, 2.75) is 31.7 Å². The average molecular weight is 249 g/mol. The fraction of sp³-hybridized carbons (Fsp3) is 0.571. The van der Waals surface area contributed by atoms with Crippen molar-refractivity contribution in [2.75, 3.05) is 19.9 Å². The van der Waals surface area contributed by atoms with Crippen LogP contribution in [0.1, 0.15) is 25.7 Å². The third-order valence-corrected chi connectivity index (χ3v) is 3.50. The van der Waals surface area contributed by atoms with Crippen LogP contribution < -0.4 is 19.5 Å². The van der Waals surface area contributed by atoms with Crippen molar-refractivity contribution in [3.05, 3.63) is 18.2 Å². The summed E-state index contributed by atoms with van der Waals surface area (Å²) in [4.78, 5) is 0. The molecule has 4 heteroatoms. The Kier molecular flexibility index (Phi) is 3.55. The van der Waals surface area contributed by atoms with Crippen molar-refractivity contribution in [1.82, 2.24) is 5.32 Å². The van der Waals surface area contributed by atoms with Crippen LogP contribution >= 0.6 is 0 Å². The molecule has 0 amide bonds. The Labute approximate surface area is 107 Å². The second-order valence-corrected chi connectivity index (χ2v) is 4.80. The molecule has 0 unspecified atom stereocenters. The molecule has 4 nitrogen and oxygen atoms in total. The molecule has 0 atom stereocenters. The van der Waals surface area contributed by atoms with Crippen molar-refractivity contribution in [2.24, 2.45) is 0 Å². The highest BCUT2D eigenvalue weighted by Gasteiger charge is 2.15. The predicted molar refractivity (Wildman–Crippen MR) is 68.3 cm³/mol. The summed E-state index contributed by atoms with van der Waals surface area (Å²) in [6, 6.07) is 6.40. The SMILES string of the molecule is c1cc2c(cc1OCCNC1CCCC1)OCO2. The van der Waals surface area contributed by atoms with Gasteiger partial charge < -0.3 is 19.5 Å². The molecular weight excluding hydrogens is 230 g/mol. The predicted octanol–water partition coefficient (Wildman–Crippen LogP) is 2.33. The van der Waals surface area contributed by atoms with Crippen molar-refractivity contribution < 1.29 is 14.2 Å². The maximum Gasteiger partial charge on any atom is 0.231 e. The zero-order valence-corrected chi connectivity index (χ0v) is 10.5. The van der Waals surface area contributed by atoms with E-state index < -0.39 is 0 Å². The molecule has 1 heterocycles. The van der Waals surface area contributed by atoms with Gasteiger partial charge in [-0.1, -0.05) is 12.8 Å². The Bertz CT molecular complexity index is 402. The van der Waals surface area contributed by atoms with Crippen LogP contribution in [-0.2, 0) is 0 Å². The Morgan fingerprint density at radius 1 is 1.17 bits per heavy atom. The summed E-state index contributed by atoms with van der Waals surface area (Å²) < 4.78 is 16.3. The van der Waals surface area contributed by atoms with Crippen LogP contribution in [-0.4, -0.2) is 26.0 Å². The van der Waals surface area contributed by atoms with E-state index in [1.54, 1.807) is 0 Å². The molecule has 18 heavy (non-hydrogen) atoms. The molecule has 2 aliphatic rings. The normalized spacial score (nSPS) is 18.2. The van der Waals surface area contributed by atoms with Gasteiger partial charge in [0, 0.05) is 18.7 Å². The first-order valence-electron chi connectivity index (χ1n) is 6.68. The zero-order valence-electron chi connectivity index (χ0n) is 10.5. The Hall–Kier alpha value is -1.42. The van der Waals surface area contributed by atoms with Gasteiger partial charge in [-0.05, 0) is 25.0 Å². The van der Waals surface area contributed by atoms with E-state index in [4.69, 9.17) is 14.2 Å². The Morgan fingerprint density at radius 2 is 2.00 bits per heavy atom. The first kappa shape index (κ1) is 11.7. The summed E-state index contributed by atoms with van der Waals surface area (Å²) in [5, 5.41) is 3.52. The average Bonchev–Trinajstić information content (AvgIpc) is 3.05. The van der Waals surface area contributed by atoms with Gasteiger partial charge in [-0.15, -0.1) is 0 Å². The topological polar surface area (TPSA) is 39.7 Å². The summed E-state index contributed by atoms with van der Waals surface area (Å²) in [6.07, 6.45) is 5.34. The monoisotopic (exact) mass is 249 g/mol. The number of hydrogen-bond donors (Lipinski definition) is 1. The minimum absolute atomic E-state index is 0.308. The highest BCUT2D eigenvalue weighted by Crippen LogP contribution is 2.34. The lowest BCUT2D eigenvalue weighted by Crippen LogP contribution is -2.30. The standard InChI is InChI=1S/C14H19NO3/c1-2-4-11(3-1)15-7-8-16-12-5-6-13-14(9-12)18-10-17-13/h5-6,9,11,15H,1-4,7-8,10H2. The summed E-state index contributed by atoms with van der Waals surface area (Å²) >= 11 is 0. The highest BCUT2D eigenvalue weighted by molar-refractivity contribution is 5.46. The molecule has 1 N–H and O–H groups in total. The summed E-state index contributed by atoms with van der Waals surface area (Å²) in [5.41, 5.74) is 0. The number of fused-ring (bicyclic) bond motifs is 1. The first-order valence-corrected chi connectivity index (χ1v) is 6.68. The minimum atomic E-state index is 0.308. The largest absolute Gasteiger partial charge is 0.492 e. The molecule has 1 aliphatic carbocycles. The molecule has 1 saturated carbocycles. The number of ether oxygens (including phenoxy) is 3. The lowest BCUT2D eigenvalue weighted by atomic mass is 10.2. The number of benzene rings is 1. The fourth-order valence-corrected chi connectivity index (χ4v) is 2.53. The smallest absolute Gasteiger partial charge is 0.231 e. The lowest BCUT2D eigenvalue weighted by Gasteiger charge is -2.12. The van der Waals surface area contributed by atoms with Gasteiger partial charge in [0.1, 0.15) is 12.4 Å². The van der Waals surface area contributed by atoms with E-state index in [0.29, 0.717) is 19.4 Å². The van der Waals surface area contributed by atoms with E-state index in [1.807, 2.05) is 18.2 Å². The molecule has 0 aromatic heterocycles. The van der Waals surface area contributed by atoms with Gasteiger partial charge in [-0.3, -0.25) is 0 Å². The Morgan fingerprint density at radius 3 is 2.89 bits per heavy atom. The Balaban J connectivity index is 1.42. The van der Waals surface area contributed by atoms with Crippen LogP contribution in [0.15, 0.2) is 18.2 Å². The van der Waals surface area contributed by atoms with Gasteiger partial charge in [-0.25, -0.2) is 0 Å². The van der Waals surface area contributed by atoms with E-state index >= 15 is 0 Å². The molecule has 0 saturated heterocycles. The summed E-state index contributed by atoms with van der Waals surface area (Å²) in [7, 11) is 0. The van der Waals surface area contributed by atoms with Crippen LogP contribution in [0.4, 0.5) is 0 Å². The van der Waals surface area contributed by atoms with Crippen LogP contribution in [0.3, 0.4) is 0 Å². The zero-order chi connectivity index (χ0) is 12.2. The van der Waals surface area contributed by atoms with E-state index in [1.165, 1.54) is 25.7 Å². The van der Waals surface area contributed by atoms with Gasteiger partial charge in [0.15, 0.2) is 11.5 Å². The van der Waals surface area contributed by atoms with Gasteiger partial charge in [-0.2, -0.15) is 0 Å². The molecule has 0 bridgehead atoms. The number of hydrogen-bond acceptors (Lipinski definition) is 4. The summed E-state index contributed by atoms with van der Waals surface area (Å²) in [6.45, 7) is 1.90. The van der Waals surface area contributed by atoms with Crippen LogP contribution in [0.25, 0.3) is 0 Å². The quantitative estimate of drug-likeness (QED) is 0.813. The second kappa shape index (κ2) is 5.48. The molecule has 98 valence electrons. The third kappa shape index (κ3) is 2.70. The van der Waals surface area contributed by atoms with E-state index in [-0.39, 0.29) is 0 Å². The molecule has 1 fully saturated rings. The number of nitrogens with one attached hydrogen (secondary N) is 1. The van der Waals surface area contributed by atoms with Crippen LogP contribution in [0.2, 0.25) is 0 Å². The van der Waals surface area contributed by atoms with Gasteiger partial charge in [0.25, 0.3) is 0 Å². The molecule has 0 radical (unpaired) electrons. The van der Waals surface area contributed by atoms with E-state index in [9.17, 15) is 0 Å². The van der Waals surface area contributed by atoms with Crippen LogP contribution in [0, 0.1) is 0 Å². The number of rotatable bonds is 5. The molecule has 1 aromatic carbocycles. The second-order valence-electron chi connectivity index (χ2n) is 4.80. The molecule has 3 rings (SSSR count). The van der Waals surface area contributed by atoms with E-state index in [2.05, 4.69) is 5.32 Å². The fourth-order valence-electron chi connectivity index (χ4n) is 2.53. The van der Waals surface area contributed by atoms with Gasteiger partial charge in [0.2, 0.25) is 6.79 Å². The molecular formula is C14H19NO3. The van der Waals surface area contributed by atoms with Crippen molar-refractivity contribution in [3.63, 3.8) is 0 Å². The van der Waals surface area contributed by atoms with Crippen molar-refractivity contribution in [3.8, 4) is 17.2 Å². The van der Waals surface area contributed by atoms with Gasteiger partial charge >= 0.3 is 0 Å². The highest BCUT2D eigenvalue weighted by atomic mass is 16.7. The third-order valence-electron chi connectivity index (χ3n) is 3.50. The van der Waals surface area contributed by atoms with Crippen molar-refractivity contribution in [1.29, 1.82) is 0 Å². The lowest BCUT2D eigenvalue weighted by molar-refractivity contribution is 0.173. The van der Waals surface area contributed by atoms with Crippen LogP contribution in [0.5, 0.6) is 17.2 Å². The molecule has 1 aliphatic heterocycles. The summed E-state index contributed by atoms with van der Waals surface area (Å²) in [5.74, 6) is 2.41. The van der Waals surface area contributed by atoms with Gasteiger partial charge in [0.05, 0.1) is 0 Å². The minimum Gasteiger partial charge on any atom is -0.492 e. The maximum atomic E-state index is 5.69. The molecule has 1 aromatic rings. The van der Waals surface area contributed by atoms with E-state index in [0.717, 1.165) is 23.8 Å². The maximum absolute atomic E-state index is 5.69. The first-order chi connectivity index (χ1) is 8.92.